The van der Waals surface area contributed by atoms with Crippen molar-refractivity contribution >= 4 is 0 Å². The van der Waals surface area contributed by atoms with Gasteiger partial charge in [0, 0.05) is 12.1 Å². The molecule has 1 heteroatoms. The van der Waals surface area contributed by atoms with Crippen LogP contribution in [0.15, 0.2) is 0 Å². The fraction of sp³-hybridized carbons (Fsp3) is 1.00. The second-order valence-electron chi connectivity index (χ2n) is 13.2. The lowest BCUT2D eigenvalue weighted by atomic mass is 9.81. The first-order valence-corrected chi connectivity index (χ1v) is 16.1. The second kappa shape index (κ2) is 15.9. The first-order chi connectivity index (χ1) is 16.3. The molecule has 0 heterocycles. The van der Waals surface area contributed by atoms with Crippen molar-refractivity contribution in [3.05, 3.63) is 0 Å². The molecule has 1 nitrogen and oxygen atoms in total. The zero-order valence-electron chi connectivity index (χ0n) is 24.9. The highest BCUT2D eigenvalue weighted by Crippen LogP contribution is 2.54. The summed E-state index contributed by atoms with van der Waals surface area (Å²) in [6.07, 6.45) is 21.7. The Morgan fingerprint density at radius 2 is 1.41 bits per heavy atom. The average Bonchev–Trinajstić information content (AvgIpc) is 3.20. The van der Waals surface area contributed by atoms with Crippen molar-refractivity contribution in [2.75, 3.05) is 0 Å². The van der Waals surface area contributed by atoms with Gasteiger partial charge >= 0.3 is 0 Å². The van der Waals surface area contributed by atoms with Gasteiger partial charge in [-0.3, -0.25) is 0 Å². The fourth-order valence-corrected chi connectivity index (χ4v) is 7.79. The van der Waals surface area contributed by atoms with E-state index >= 15 is 0 Å². The summed E-state index contributed by atoms with van der Waals surface area (Å²) in [6.45, 7) is 19.5. The van der Waals surface area contributed by atoms with E-state index in [9.17, 15) is 0 Å². The van der Waals surface area contributed by atoms with Crippen LogP contribution in [0.5, 0.6) is 0 Å². The highest BCUT2D eigenvalue weighted by atomic mass is 14.9. The smallest absolute Gasteiger partial charge is 0.00695 e. The van der Waals surface area contributed by atoms with Gasteiger partial charge in [-0.05, 0) is 86.9 Å². The van der Waals surface area contributed by atoms with Gasteiger partial charge in [-0.15, -0.1) is 0 Å². The maximum Gasteiger partial charge on any atom is 0.00695 e. The van der Waals surface area contributed by atoms with E-state index in [1.807, 2.05) is 0 Å². The summed E-state index contributed by atoms with van der Waals surface area (Å²) in [5.74, 6) is 7.84. The molecule has 202 valence electrons. The van der Waals surface area contributed by atoms with Crippen LogP contribution in [0.1, 0.15) is 152 Å². The van der Waals surface area contributed by atoms with E-state index in [2.05, 4.69) is 60.7 Å². The van der Waals surface area contributed by atoms with Gasteiger partial charge in [0.2, 0.25) is 0 Å². The molecule has 2 fully saturated rings. The molecule has 0 radical (unpaired) electrons. The zero-order valence-corrected chi connectivity index (χ0v) is 24.9. The van der Waals surface area contributed by atoms with Crippen LogP contribution in [-0.4, -0.2) is 12.1 Å². The van der Waals surface area contributed by atoms with Gasteiger partial charge < -0.3 is 5.32 Å². The molecule has 0 spiro atoms. The molecule has 34 heavy (non-hydrogen) atoms. The second-order valence-corrected chi connectivity index (χ2v) is 13.2. The molecule has 2 rings (SSSR count). The van der Waals surface area contributed by atoms with E-state index in [0.29, 0.717) is 12.1 Å². The molecule has 0 bridgehead atoms. The van der Waals surface area contributed by atoms with Crippen LogP contribution < -0.4 is 5.32 Å². The minimum Gasteiger partial charge on any atom is -0.312 e. The maximum atomic E-state index is 3.95. The molecule has 1 N–H and O–H groups in total. The molecular formula is C33H65N. The predicted octanol–water partition coefficient (Wildman–Crippen LogP) is 10.3. The average molecular weight is 476 g/mol. The standard InChI is InChI=1S/C33H65N/c1-9-25(6)34-27(8)31(23-29-15-13-14-16-29)22-20-28(10-2)19-17-24(5)18-21-30(11-3)33-26(7)32(33)12-4/h24-34H,9-23H2,1-8H3. The van der Waals surface area contributed by atoms with Crippen LogP contribution in [0.4, 0.5) is 0 Å². The molecule has 9 unspecified atom stereocenters. The van der Waals surface area contributed by atoms with E-state index in [-0.39, 0.29) is 0 Å². The summed E-state index contributed by atoms with van der Waals surface area (Å²) in [5.41, 5.74) is 0. The van der Waals surface area contributed by atoms with Crippen LogP contribution >= 0.6 is 0 Å². The molecule has 2 aliphatic rings. The SMILES string of the molecule is CCC(CCC(C)CCC(CC)C1C(C)C1CC)CCC(CC1CCCC1)C(C)NC(C)CC. The normalized spacial score (nSPS) is 28.4. The Bertz CT molecular complexity index is 509. The summed E-state index contributed by atoms with van der Waals surface area (Å²) >= 11 is 0. The molecule has 0 aromatic carbocycles. The van der Waals surface area contributed by atoms with E-state index in [4.69, 9.17) is 0 Å². The van der Waals surface area contributed by atoms with Crippen molar-refractivity contribution in [1.29, 1.82) is 0 Å². The van der Waals surface area contributed by atoms with Gasteiger partial charge in [-0.1, -0.05) is 112 Å². The van der Waals surface area contributed by atoms with Crippen molar-refractivity contribution in [2.45, 2.75) is 164 Å². The third-order valence-electron chi connectivity index (χ3n) is 10.8. The lowest BCUT2D eigenvalue weighted by Crippen LogP contribution is -2.40. The van der Waals surface area contributed by atoms with E-state index in [1.54, 1.807) is 0 Å². The number of hydrogen-bond donors (Lipinski definition) is 1. The van der Waals surface area contributed by atoms with Gasteiger partial charge in [-0.2, -0.15) is 0 Å². The van der Waals surface area contributed by atoms with Crippen molar-refractivity contribution in [2.24, 2.45) is 47.3 Å². The maximum absolute atomic E-state index is 3.95. The lowest BCUT2D eigenvalue weighted by molar-refractivity contribution is 0.242. The monoisotopic (exact) mass is 476 g/mol. The summed E-state index contributed by atoms with van der Waals surface area (Å²) in [5, 5.41) is 3.95. The summed E-state index contributed by atoms with van der Waals surface area (Å²) in [4.78, 5) is 0. The molecule has 0 aromatic heterocycles. The highest BCUT2D eigenvalue weighted by molar-refractivity contribution is 4.96. The molecule has 0 aliphatic heterocycles. The number of rotatable bonds is 19. The Kier molecular flexibility index (Phi) is 14.2. The van der Waals surface area contributed by atoms with Crippen LogP contribution in [0, 0.1) is 47.3 Å². The van der Waals surface area contributed by atoms with E-state index in [1.165, 1.54) is 96.3 Å². The summed E-state index contributed by atoms with van der Waals surface area (Å²) in [7, 11) is 0. The van der Waals surface area contributed by atoms with E-state index in [0.717, 1.165) is 47.3 Å². The first kappa shape index (κ1) is 30.2. The van der Waals surface area contributed by atoms with Crippen LogP contribution in [-0.2, 0) is 0 Å². The van der Waals surface area contributed by atoms with Gasteiger partial charge in [0.15, 0.2) is 0 Å². The Morgan fingerprint density at radius 1 is 0.765 bits per heavy atom. The Morgan fingerprint density at radius 3 is 1.97 bits per heavy atom. The molecular weight excluding hydrogens is 410 g/mol. The van der Waals surface area contributed by atoms with Gasteiger partial charge in [0.05, 0.1) is 0 Å². The molecule has 0 saturated heterocycles. The molecule has 9 atom stereocenters. The topological polar surface area (TPSA) is 12.0 Å². The van der Waals surface area contributed by atoms with Crippen molar-refractivity contribution in [3.8, 4) is 0 Å². The minimum absolute atomic E-state index is 0.655. The third-order valence-corrected chi connectivity index (χ3v) is 10.8. The number of nitrogens with one attached hydrogen (secondary N) is 1. The van der Waals surface area contributed by atoms with Crippen molar-refractivity contribution < 1.29 is 0 Å². The van der Waals surface area contributed by atoms with Crippen molar-refractivity contribution in [3.63, 3.8) is 0 Å². The largest absolute Gasteiger partial charge is 0.312 e. The predicted molar refractivity (Wildman–Crippen MR) is 153 cm³/mol. The van der Waals surface area contributed by atoms with E-state index < -0.39 is 0 Å². The summed E-state index contributed by atoms with van der Waals surface area (Å²) in [6, 6.07) is 1.33. The fourth-order valence-electron chi connectivity index (χ4n) is 7.79. The molecule has 0 amide bonds. The Balaban J connectivity index is 1.75. The lowest BCUT2D eigenvalue weighted by Gasteiger charge is -2.31. The Labute approximate surface area is 216 Å². The van der Waals surface area contributed by atoms with Crippen LogP contribution in [0.25, 0.3) is 0 Å². The molecule has 2 aliphatic carbocycles. The quantitative estimate of drug-likeness (QED) is 0.196. The zero-order chi connectivity index (χ0) is 25.1. The van der Waals surface area contributed by atoms with Crippen LogP contribution in [0.2, 0.25) is 0 Å². The summed E-state index contributed by atoms with van der Waals surface area (Å²) < 4.78 is 0. The van der Waals surface area contributed by atoms with Gasteiger partial charge in [0.1, 0.15) is 0 Å². The molecule has 2 saturated carbocycles. The molecule has 0 aromatic rings. The highest BCUT2D eigenvalue weighted by Gasteiger charge is 2.48. The number of hydrogen-bond acceptors (Lipinski definition) is 1. The van der Waals surface area contributed by atoms with Gasteiger partial charge in [0.25, 0.3) is 0 Å². The first-order valence-electron chi connectivity index (χ1n) is 16.1. The van der Waals surface area contributed by atoms with Gasteiger partial charge in [-0.25, -0.2) is 0 Å². The van der Waals surface area contributed by atoms with Crippen molar-refractivity contribution in [1.82, 2.24) is 5.32 Å². The Hall–Kier alpha value is -0.0400. The minimum atomic E-state index is 0.655. The third kappa shape index (κ3) is 9.78. The van der Waals surface area contributed by atoms with Crippen LogP contribution in [0.3, 0.4) is 0 Å².